The van der Waals surface area contributed by atoms with Crippen LogP contribution in [0.1, 0.15) is 25.6 Å². The number of fused-ring (bicyclic) bond motifs is 1. The third-order valence-electron chi connectivity index (χ3n) is 3.81. The summed E-state index contributed by atoms with van der Waals surface area (Å²) in [7, 11) is 0. The molecule has 1 aliphatic carbocycles. The van der Waals surface area contributed by atoms with Gasteiger partial charge >= 0.3 is 0 Å². The van der Waals surface area contributed by atoms with Gasteiger partial charge in [-0.05, 0) is 25.7 Å². The first kappa shape index (κ1) is 10.7. The van der Waals surface area contributed by atoms with Gasteiger partial charge in [-0.25, -0.2) is 0 Å². The van der Waals surface area contributed by atoms with Crippen molar-refractivity contribution in [2.24, 2.45) is 11.7 Å². The van der Waals surface area contributed by atoms with Crippen LogP contribution < -0.4 is 5.73 Å². The molecule has 1 aromatic rings. The van der Waals surface area contributed by atoms with Crippen LogP contribution in [0, 0.1) is 5.92 Å². The molecule has 1 aliphatic heterocycles. The second kappa shape index (κ2) is 3.53. The van der Waals surface area contributed by atoms with Crippen molar-refractivity contribution in [1.82, 2.24) is 19.7 Å². The highest BCUT2D eigenvalue weighted by atomic mass is 16.2. The molecule has 17 heavy (non-hydrogen) atoms. The molecule has 1 aromatic heterocycles. The van der Waals surface area contributed by atoms with E-state index in [0.717, 1.165) is 25.2 Å². The lowest BCUT2D eigenvalue weighted by atomic mass is 9.95. The molecule has 1 saturated carbocycles. The van der Waals surface area contributed by atoms with Gasteiger partial charge in [0.2, 0.25) is 5.91 Å². The molecule has 0 bridgehead atoms. The molecule has 92 valence electrons. The minimum atomic E-state index is -0.706. The first-order valence-corrected chi connectivity index (χ1v) is 6.04. The van der Waals surface area contributed by atoms with E-state index in [4.69, 9.17) is 5.73 Å². The Morgan fingerprint density at radius 1 is 1.53 bits per heavy atom. The molecule has 1 amide bonds. The molecular formula is C11H17N5O. The lowest BCUT2D eigenvalue weighted by molar-refractivity contribution is -0.138. The smallest absolute Gasteiger partial charge is 0.243 e. The Bertz CT molecular complexity index is 448. The van der Waals surface area contributed by atoms with E-state index in [1.54, 1.807) is 6.33 Å². The Morgan fingerprint density at radius 3 is 3.00 bits per heavy atom. The van der Waals surface area contributed by atoms with E-state index in [1.807, 2.05) is 16.4 Å². The molecule has 1 atom stereocenters. The highest BCUT2D eigenvalue weighted by Crippen LogP contribution is 2.39. The molecule has 2 heterocycles. The minimum Gasteiger partial charge on any atom is -0.332 e. The SMILES string of the molecule is CC(N)(C(=O)N1CCn2cnnc2C1)C1CC1. The number of rotatable bonds is 2. The Balaban J connectivity index is 1.76. The van der Waals surface area contributed by atoms with Crippen molar-refractivity contribution in [2.75, 3.05) is 6.54 Å². The summed E-state index contributed by atoms with van der Waals surface area (Å²) in [5, 5.41) is 7.86. The Labute approximate surface area is 99.8 Å². The van der Waals surface area contributed by atoms with Crippen LogP contribution in [-0.4, -0.2) is 37.7 Å². The van der Waals surface area contributed by atoms with Crippen LogP contribution in [-0.2, 0) is 17.9 Å². The average Bonchev–Trinajstić information content (AvgIpc) is 3.07. The molecule has 6 heteroatoms. The second-order valence-electron chi connectivity index (χ2n) is 5.22. The van der Waals surface area contributed by atoms with Gasteiger partial charge in [-0.3, -0.25) is 4.79 Å². The van der Waals surface area contributed by atoms with Crippen LogP contribution in [0.3, 0.4) is 0 Å². The average molecular weight is 235 g/mol. The summed E-state index contributed by atoms with van der Waals surface area (Å²) < 4.78 is 1.98. The molecule has 0 saturated heterocycles. The summed E-state index contributed by atoms with van der Waals surface area (Å²) in [5.41, 5.74) is 5.45. The molecule has 1 fully saturated rings. The number of carbonyl (C=O) groups is 1. The molecule has 1 unspecified atom stereocenters. The normalized spacial score (nSPS) is 23.1. The fourth-order valence-electron chi connectivity index (χ4n) is 2.44. The zero-order chi connectivity index (χ0) is 12.0. The molecular weight excluding hydrogens is 218 g/mol. The van der Waals surface area contributed by atoms with Crippen molar-refractivity contribution in [3.8, 4) is 0 Å². The van der Waals surface area contributed by atoms with E-state index in [-0.39, 0.29) is 5.91 Å². The summed E-state index contributed by atoms with van der Waals surface area (Å²) in [6.45, 7) is 3.84. The van der Waals surface area contributed by atoms with Crippen molar-refractivity contribution in [1.29, 1.82) is 0 Å². The number of carbonyl (C=O) groups excluding carboxylic acids is 1. The molecule has 2 N–H and O–H groups in total. The Kier molecular flexibility index (Phi) is 2.22. The van der Waals surface area contributed by atoms with E-state index >= 15 is 0 Å². The first-order chi connectivity index (χ1) is 8.09. The van der Waals surface area contributed by atoms with E-state index in [1.165, 1.54) is 0 Å². The van der Waals surface area contributed by atoms with E-state index in [2.05, 4.69) is 10.2 Å². The molecule has 6 nitrogen and oxygen atoms in total. The quantitative estimate of drug-likeness (QED) is 0.766. The Hall–Kier alpha value is -1.43. The lowest BCUT2D eigenvalue weighted by Crippen LogP contribution is -2.56. The zero-order valence-electron chi connectivity index (χ0n) is 9.96. The summed E-state index contributed by atoms with van der Waals surface area (Å²) in [5.74, 6) is 1.25. The van der Waals surface area contributed by atoms with Crippen molar-refractivity contribution >= 4 is 5.91 Å². The number of amides is 1. The highest BCUT2D eigenvalue weighted by molar-refractivity contribution is 5.86. The maximum atomic E-state index is 12.4. The van der Waals surface area contributed by atoms with Gasteiger partial charge in [0.25, 0.3) is 0 Å². The van der Waals surface area contributed by atoms with Crippen LogP contribution in [0.2, 0.25) is 0 Å². The van der Waals surface area contributed by atoms with Crippen molar-refractivity contribution in [2.45, 2.75) is 38.4 Å². The largest absolute Gasteiger partial charge is 0.332 e. The second-order valence-corrected chi connectivity index (χ2v) is 5.22. The number of nitrogens with two attached hydrogens (primary N) is 1. The summed E-state index contributed by atoms with van der Waals surface area (Å²) in [6, 6.07) is 0. The molecule has 0 radical (unpaired) electrons. The van der Waals surface area contributed by atoms with Gasteiger partial charge in [-0.1, -0.05) is 0 Å². The van der Waals surface area contributed by atoms with Crippen LogP contribution in [0.4, 0.5) is 0 Å². The van der Waals surface area contributed by atoms with Gasteiger partial charge in [-0.15, -0.1) is 10.2 Å². The monoisotopic (exact) mass is 235 g/mol. The van der Waals surface area contributed by atoms with Crippen LogP contribution in [0.25, 0.3) is 0 Å². The van der Waals surface area contributed by atoms with Crippen molar-refractivity contribution < 1.29 is 4.79 Å². The number of hydrogen-bond acceptors (Lipinski definition) is 4. The van der Waals surface area contributed by atoms with E-state index < -0.39 is 5.54 Å². The molecule has 2 aliphatic rings. The predicted octanol–water partition coefficient (Wildman–Crippen LogP) is -0.252. The van der Waals surface area contributed by atoms with E-state index in [0.29, 0.717) is 19.0 Å². The number of nitrogens with zero attached hydrogens (tertiary/aromatic N) is 4. The van der Waals surface area contributed by atoms with E-state index in [9.17, 15) is 4.79 Å². The maximum absolute atomic E-state index is 12.4. The third kappa shape index (κ3) is 1.72. The predicted molar refractivity (Wildman–Crippen MR) is 60.8 cm³/mol. The zero-order valence-corrected chi connectivity index (χ0v) is 9.96. The lowest BCUT2D eigenvalue weighted by Gasteiger charge is -2.34. The fourth-order valence-corrected chi connectivity index (χ4v) is 2.44. The molecule has 0 aromatic carbocycles. The fraction of sp³-hybridized carbons (Fsp3) is 0.727. The minimum absolute atomic E-state index is 0.0502. The first-order valence-electron chi connectivity index (χ1n) is 6.04. The van der Waals surface area contributed by atoms with Crippen molar-refractivity contribution in [3.63, 3.8) is 0 Å². The maximum Gasteiger partial charge on any atom is 0.243 e. The van der Waals surface area contributed by atoms with Gasteiger partial charge in [-0.2, -0.15) is 0 Å². The summed E-state index contributed by atoms with van der Waals surface area (Å²) >= 11 is 0. The molecule has 3 rings (SSSR count). The summed E-state index contributed by atoms with van der Waals surface area (Å²) in [6.07, 6.45) is 3.85. The highest BCUT2D eigenvalue weighted by Gasteiger charge is 2.46. The Morgan fingerprint density at radius 2 is 2.29 bits per heavy atom. The standard InChI is InChI=1S/C11H17N5O/c1-11(12,8-2-3-8)10(17)15-4-5-16-7-13-14-9(16)6-15/h7-8H,2-6,12H2,1H3. The van der Waals surface area contributed by atoms with Gasteiger partial charge in [0, 0.05) is 13.1 Å². The van der Waals surface area contributed by atoms with Gasteiger partial charge < -0.3 is 15.2 Å². The van der Waals surface area contributed by atoms with Gasteiger partial charge in [0.1, 0.15) is 6.33 Å². The summed E-state index contributed by atoms with van der Waals surface area (Å²) in [4.78, 5) is 14.2. The van der Waals surface area contributed by atoms with Gasteiger partial charge in [0.05, 0.1) is 12.1 Å². The number of hydrogen-bond donors (Lipinski definition) is 1. The number of aromatic nitrogens is 3. The van der Waals surface area contributed by atoms with Crippen LogP contribution in [0.15, 0.2) is 6.33 Å². The third-order valence-corrected chi connectivity index (χ3v) is 3.81. The van der Waals surface area contributed by atoms with Crippen LogP contribution >= 0.6 is 0 Å². The topological polar surface area (TPSA) is 77.0 Å². The van der Waals surface area contributed by atoms with Crippen LogP contribution in [0.5, 0.6) is 0 Å². The van der Waals surface area contributed by atoms with Crippen molar-refractivity contribution in [3.05, 3.63) is 12.2 Å². The van der Waals surface area contributed by atoms with Gasteiger partial charge in [0.15, 0.2) is 5.82 Å². The molecule has 0 spiro atoms.